The number of rotatable bonds is 7. The molecule has 0 radical (unpaired) electrons. The molecule has 0 aliphatic heterocycles. The van der Waals surface area contributed by atoms with E-state index < -0.39 is 5.97 Å². The number of carboxylic acid groups (broad SMARTS) is 1. The molecule has 0 spiro atoms. The number of imidazole rings is 1. The van der Waals surface area contributed by atoms with E-state index in [2.05, 4.69) is 21.4 Å². The van der Waals surface area contributed by atoms with Crippen LogP contribution in [-0.4, -0.2) is 25.6 Å². The highest BCUT2D eigenvalue weighted by atomic mass is 16.4. The maximum Gasteiger partial charge on any atom is 0.335 e. The third kappa shape index (κ3) is 4.77. The Morgan fingerprint density at radius 2 is 2.15 bits per heavy atom. The predicted octanol–water partition coefficient (Wildman–Crippen LogP) is 2.49. The molecule has 3 aromatic rings. The first kappa shape index (κ1) is 18.3. The zero-order valence-electron chi connectivity index (χ0n) is 14.9. The van der Waals surface area contributed by atoms with Crippen LogP contribution in [0.3, 0.4) is 0 Å². The van der Waals surface area contributed by atoms with Crippen molar-refractivity contribution in [2.24, 2.45) is 0 Å². The van der Waals surface area contributed by atoms with Crippen LogP contribution in [-0.2, 0) is 19.6 Å². The van der Waals surface area contributed by atoms with Gasteiger partial charge < -0.3 is 15.0 Å². The van der Waals surface area contributed by atoms with Crippen LogP contribution in [0.25, 0.3) is 0 Å². The second-order valence-electron chi connectivity index (χ2n) is 6.18. The molecule has 0 fully saturated rings. The number of aryl methyl sites for hydroxylation is 1. The van der Waals surface area contributed by atoms with E-state index >= 15 is 0 Å². The second kappa shape index (κ2) is 8.25. The summed E-state index contributed by atoms with van der Waals surface area (Å²) in [6.07, 6.45) is 3.63. The van der Waals surface area contributed by atoms with Crippen LogP contribution in [0.2, 0.25) is 0 Å². The molecule has 7 heteroatoms. The number of aromatic carboxylic acids is 1. The predicted molar refractivity (Wildman–Crippen MR) is 99.0 cm³/mol. The fraction of sp³-hybridized carbons (Fsp3) is 0.200. The summed E-state index contributed by atoms with van der Waals surface area (Å²) in [7, 11) is 0. The first-order valence-electron chi connectivity index (χ1n) is 8.46. The number of aromatic nitrogens is 3. The third-order valence-electron chi connectivity index (χ3n) is 4.05. The van der Waals surface area contributed by atoms with Crippen molar-refractivity contribution in [3.8, 4) is 6.07 Å². The monoisotopic (exact) mass is 361 g/mol. The Bertz CT molecular complexity index is 1000. The molecular formula is C20H19N5O2. The molecule has 1 aromatic carbocycles. The number of carboxylic acids is 1. The molecule has 7 nitrogen and oxygen atoms in total. The smallest absolute Gasteiger partial charge is 0.335 e. The van der Waals surface area contributed by atoms with Crippen LogP contribution in [0.1, 0.15) is 38.7 Å². The average Bonchev–Trinajstić information content (AvgIpc) is 3.08. The van der Waals surface area contributed by atoms with E-state index in [1.165, 1.54) is 0 Å². The van der Waals surface area contributed by atoms with Crippen molar-refractivity contribution in [2.45, 2.75) is 26.6 Å². The lowest BCUT2D eigenvalue weighted by Crippen LogP contribution is -2.18. The van der Waals surface area contributed by atoms with Crippen LogP contribution in [0.15, 0.2) is 48.8 Å². The lowest BCUT2D eigenvalue weighted by atomic mass is 10.1. The Hall–Kier alpha value is -3.50. The largest absolute Gasteiger partial charge is 0.478 e. The van der Waals surface area contributed by atoms with Gasteiger partial charge in [0.1, 0.15) is 5.82 Å². The molecule has 0 aliphatic carbocycles. The number of nitrogens with zero attached hydrogens (tertiary/aromatic N) is 4. The first-order valence-corrected chi connectivity index (χ1v) is 8.46. The molecule has 136 valence electrons. The third-order valence-corrected chi connectivity index (χ3v) is 4.05. The topological polar surface area (TPSA) is 104 Å². The highest BCUT2D eigenvalue weighted by molar-refractivity contribution is 5.87. The van der Waals surface area contributed by atoms with Gasteiger partial charge in [-0.1, -0.05) is 12.1 Å². The van der Waals surface area contributed by atoms with Gasteiger partial charge in [-0.05, 0) is 36.8 Å². The van der Waals surface area contributed by atoms with E-state index in [-0.39, 0.29) is 5.56 Å². The molecule has 2 aromatic heterocycles. The molecule has 0 saturated carbocycles. The molecule has 27 heavy (non-hydrogen) atoms. The molecule has 0 unspecified atom stereocenters. The normalized spacial score (nSPS) is 10.5. The van der Waals surface area contributed by atoms with Gasteiger partial charge in [0.2, 0.25) is 0 Å². The Kier molecular flexibility index (Phi) is 5.59. The Morgan fingerprint density at radius 3 is 2.93 bits per heavy atom. The maximum atomic E-state index is 11.1. The minimum absolute atomic E-state index is 0.234. The molecule has 2 heterocycles. The van der Waals surface area contributed by atoms with Gasteiger partial charge in [-0.3, -0.25) is 4.98 Å². The molecule has 0 atom stereocenters. The van der Waals surface area contributed by atoms with Gasteiger partial charge in [0.15, 0.2) is 0 Å². The van der Waals surface area contributed by atoms with Gasteiger partial charge in [0, 0.05) is 31.2 Å². The van der Waals surface area contributed by atoms with E-state index in [4.69, 9.17) is 10.4 Å². The van der Waals surface area contributed by atoms with Crippen LogP contribution < -0.4 is 5.32 Å². The summed E-state index contributed by atoms with van der Waals surface area (Å²) in [5.74, 6) is -0.111. The Balaban J connectivity index is 1.64. The van der Waals surface area contributed by atoms with E-state index in [9.17, 15) is 4.79 Å². The highest BCUT2D eigenvalue weighted by Crippen LogP contribution is 2.09. The molecule has 0 bridgehead atoms. The van der Waals surface area contributed by atoms with Crippen LogP contribution >= 0.6 is 0 Å². The summed E-state index contributed by atoms with van der Waals surface area (Å²) in [4.78, 5) is 19.9. The van der Waals surface area contributed by atoms with E-state index in [0.29, 0.717) is 36.6 Å². The molecule has 3 rings (SSSR count). The van der Waals surface area contributed by atoms with Crippen molar-refractivity contribution in [3.05, 3.63) is 82.7 Å². The maximum absolute atomic E-state index is 11.1. The summed E-state index contributed by atoms with van der Waals surface area (Å²) >= 11 is 0. The summed E-state index contributed by atoms with van der Waals surface area (Å²) in [5, 5.41) is 21.4. The van der Waals surface area contributed by atoms with Crippen molar-refractivity contribution in [3.63, 3.8) is 0 Å². The second-order valence-corrected chi connectivity index (χ2v) is 6.18. The van der Waals surface area contributed by atoms with Gasteiger partial charge in [0.25, 0.3) is 0 Å². The number of pyridine rings is 1. The van der Waals surface area contributed by atoms with Crippen LogP contribution in [0.5, 0.6) is 0 Å². The SMILES string of the molecule is Cc1cc(C(=O)O)cc(CNCc2nccn2Cc2cccc(C#N)c2)n1. The van der Waals surface area contributed by atoms with Crippen molar-refractivity contribution in [1.29, 1.82) is 5.26 Å². The van der Waals surface area contributed by atoms with E-state index in [0.717, 1.165) is 11.4 Å². The summed E-state index contributed by atoms with van der Waals surface area (Å²) in [6, 6.07) is 12.7. The van der Waals surface area contributed by atoms with Crippen molar-refractivity contribution < 1.29 is 9.90 Å². The molecule has 0 saturated heterocycles. The number of nitrogens with one attached hydrogen (secondary N) is 1. The van der Waals surface area contributed by atoms with E-state index in [1.54, 1.807) is 31.3 Å². The molecule has 0 amide bonds. The summed E-state index contributed by atoms with van der Waals surface area (Å²) < 4.78 is 2.01. The first-order chi connectivity index (χ1) is 13.0. The number of carbonyl (C=O) groups is 1. The average molecular weight is 361 g/mol. The minimum atomic E-state index is -0.961. The van der Waals surface area contributed by atoms with Gasteiger partial charge in [-0.25, -0.2) is 9.78 Å². The summed E-state index contributed by atoms with van der Waals surface area (Å²) in [6.45, 7) is 3.36. The molecule has 2 N–H and O–H groups in total. The highest BCUT2D eigenvalue weighted by Gasteiger charge is 2.08. The Morgan fingerprint density at radius 1 is 1.30 bits per heavy atom. The Labute approximate surface area is 156 Å². The standard InChI is InChI=1S/C20H19N5O2/c1-14-7-17(20(26)27)9-18(24-14)11-22-12-19-23-5-6-25(19)13-16-4-2-3-15(8-16)10-21/h2-9,22H,11-13H2,1H3,(H,26,27). The van der Waals surface area contributed by atoms with Crippen LogP contribution in [0, 0.1) is 18.3 Å². The number of nitriles is 1. The van der Waals surface area contributed by atoms with Gasteiger partial charge in [-0.2, -0.15) is 5.26 Å². The fourth-order valence-corrected chi connectivity index (χ4v) is 2.84. The fourth-order valence-electron chi connectivity index (χ4n) is 2.84. The van der Waals surface area contributed by atoms with Crippen molar-refractivity contribution >= 4 is 5.97 Å². The van der Waals surface area contributed by atoms with Crippen molar-refractivity contribution in [2.75, 3.05) is 0 Å². The number of hydrogen-bond acceptors (Lipinski definition) is 5. The van der Waals surface area contributed by atoms with Crippen molar-refractivity contribution in [1.82, 2.24) is 19.9 Å². The lowest BCUT2D eigenvalue weighted by Gasteiger charge is -2.10. The lowest BCUT2D eigenvalue weighted by molar-refractivity contribution is 0.0696. The van der Waals surface area contributed by atoms with Gasteiger partial charge in [-0.15, -0.1) is 0 Å². The molecule has 0 aliphatic rings. The van der Waals surface area contributed by atoms with Crippen LogP contribution in [0.4, 0.5) is 0 Å². The number of benzene rings is 1. The number of hydrogen-bond donors (Lipinski definition) is 2. The van der Waals surface area contributed by atoms with Gasteiger partial charge in [0.05, 0.1) is 29.4 Å². The van der Waals surface area contributed by atoms with E-state index in [1.807, 2.05) is 29.0 Å². The molecular weight excluding hydrogens is 342 g/mol. The minimum Gasteiger partial charge on any atom is -0.478 e. The van der Waals surface area contributed by atoms with Gasteiger partial charge >= 0.3 is 5.97 Å². The zero-order chi connectivity index (χ0) is 19.2. The zero-order valence-corrected chi connectivity index (χ0v) is 14.9. The quantitative estimate of drug-likeness (QED) is 0.670. The summed E-state index contributed by atoms with van der Waals surface area (Å²) in [5.41, 5.74) is 3.24.